The number of ether oxygens (including phenoxy) is 1. The van der Waals surface area contributed by atoms with Crippen molar-refractivity contribution in [1.82, 2.24) is 4.90 Å². The van der Waals surface area contributed by atoms with Crippen LogP contribution in [0.15, 0.2) is 24.3 Å². The molecule has 0 aliphatic rings. The minimum absolute atomic E-state index is 0.00202. The van der Waals surface area contributed by atoms with Crippen molar-refractivity contribution >= 4 is 5.91 Å². The first kappa shape index (κ1) is 14.5. The highest BCUT2D eigenvalue weighted by Gasteiger charge is 2.07. The van der Waals surface area contributed by atoms with Gasteiger partial charge in [0.25, 0.3) is 0 Å². The number of carbonyl (C=O) groups excluding carboxylic acids is 1. The fourth-order valence-electron chi connectivity index (χ4n) is 1.58. The van der Waals surface area contributed by atoms with Crippen LogP contribution in [0.5, 0.6) is 5.75 Å². The molecule has 0 aliphatic carbocycles. The number of amides is 1. The molecule has 1 rings (SSSR count). The Kier molecular flexibility index (Phi) is 6.22. The zero-order valence-corrected chi connectivity index (χ0v) is 11.1. The number of rotatable bonds is 7. The van der Waals surface area contributed by atoms with Gasteiger partial charge in [-0.3, -0.25) is 4.79 Å². The van der Waals surface area contributed by atoms with Gasteiger partial charge in [0.1, 0.15) is 5.75 Å². The van der Waals surface area contributed by atoms with E-state index in [4.69, 9.17) is 9.84 Å². The molecule has 4 nitrogen and oxygen atoms in total. The first-order valence-corrected chi connectivity index (χ1v) is 6.18. The Morgan fingerprint density at radius 3 is 2.89 bits per heavy atom. The van der Waals surface area contributed by atoms with Crippen LogP contribution in [0.25, 0.3) is 0 Å². The molecule has 1 aromatic carbocycles. The molecule has 100 valence electrons. The lowest BCUT2D eigenvalue weighted by molar-refractivity contribution is -0.130. The number of hydrogen-bond donors (Lipinski definition) is 1. The van der Waals surface area contributed by atoms with Crippen molar-refractivity contribution in [2.75, 3.05) is 26.8 Å². The second kappa shape index (κ2) is 7.71. The lowest BCUT2D eigenvalue weighted by Crippen LogP contribution is -2.29. The van der Waals surface area contributed by atoms with Crippen molar-refractivity contribution in [2.45, 2.75) is 19.8 Å². The van der Waals surface area contributed by atoms with Gasteiger partial charge in [0.15, 0.2) is 0 Å². The lowest BCUT2D eigenvalue weighted by atomic mass is 10.2. The van der Waals surface area contributed by atoms with Crippen LogP contribution < -0.4 is 4.74 Å². The standard InChI is InChI=1S/C14H21NO3/c1-12-5-3-6-13(11-12)18-10-4-7-14(17)15(2)8-9-16/h3,5-6,11,16H,4,7-10H2,1-2H3. The molecule has 1 aromatic rings. The van der Waals surface area contributed by atoms with Crippen LogP contribution in [-0.4, -0.2) is 42.7 Å². The molecule has 0 heterocycles. The van der Waals surface area contributed by atoms with E-state index in [1.807, 2.05) is 31.2 Å². The summed E-state index contributed by atoms with van der Waals surface area (Å²) in [4.78, 5) is 13.1. The molecule has 0 spiro atoms. The molecular formula is C14H21NO3. The Morgan fingerprint density at radius 1 is 1.44 bits per heavy atom. The van der Waals surface area contributed by atoms with Crippen molar-refractivity contribution in [3.63, 3.8) is 0 Å². The smallest absolute Gasteiger partial charge is 0.222 e. The highest BCUT2D eigenvalue weighted by Crippen LogP contribution is 2.12. The topological polar surface area (TPSA) is 49.8 Å². The summed E-state index contributed by atoms with van der Waals surface area (Å²) >= 11 is 0. The molecule has 0 radical (unpaired) electrons. The Balaban J connectivity index is 2.21. The largest absolute Gasteiger partial charge is 0.494 e. The average Bonchev–Trinajstić information content (AvgIpc) is 2.35. The third-order valence-corrected chi connectivity index (χ3v) is 2.65. The zero-order chi connectivity index (χ0) is 13.4. The average molecular weight is 251 g/mol. The van der Waals surface area contributed by atoms with Gasteiger partial charge < -0.3 is 14.7 Å². The molecule has 4 heteroatoms. The fraction of sp³-hybridized carbons (Fsp3) is 0.500. The number of aliphatic hydroxyl groups excluding tert-OH is 1. The summed E-state index contributed by atoms with van der Waals surface area (Å²) in [6.07, 6.45) is 1.13. The van der Waals surface area contributed by atoms with E-state index in [1.54, 1.807) is 7.05 Å². The summed E-state index contributed by atoms with van der Waals surface area (Å²) < 4.78 is 5.56. The van der Waals surface area contributed by atoms with E-state index in [0.717, 1.165) is 11.3 Å². The second-order valence-electron chi connectivity index (χ2n) is 4.31. The van der Waals surface area contributed by atoms with E-state index in [1.165, 1.54) is 4.90 Å². The normalized spacial score (nSPS) is 10.2. The summed E-state index contributed by atoms with van der Waals surface area (Å²) in [6, 6.07) is 7.84. The van der Waals surface area contributed by atoms with Gasteiger partial charge >= 0.3 is 0 Å². The molecule has 0 saturated carbocycles. The predicted molar refractivity (Wildman–Crippen MR) is 70.6 cm³/mol. The first-order valence-electron chi connectivity index (χ1n) is 6.18. The van der Waals surface area contributed by atoms with Crippen molar-refractivity contribution in [3.05, 3.63) is 29.8 Å². The summed E-state index contributed by atoms with van der Waals surface area (Å²) in [5.41, 5.74) is 1.16. The number of aryl methyl sites for hydroxylation is 1. The van der Waals surface area contributed by atoms with E-state index in [2.05, 4.69) is 0 Å². The predicted octanol–water partition coefficient (Wildman–Crippen LogP) is 1.60. The third kappa shape index (κ3) is 5.19. The van der Waals surface area contributed by atoms with Crippen molar-refractivity contribution in [3.8, 4) is 5.75 Å². The summed E-state index contributed by atoms with van der Waals surface area (Å²) in [5.74, 6) is 0.878. The van der Waals surface area contributed by atoms with Crippen LogP contribution >= 0.6 is 0 Å². The van der Waals surface area contributed by atoms with E-state index < -0.39 is 0 Å². The van der Waals surface area contributed by atoms with Crippen molar-refractivity contribution < 1.29 is 14.6 Å². The molecule has 1 N–H and O–H groups in total. The SMILES string of the molecule is Cc1cccc(OCCCC(=O)N(C)CCO)c1. The van der Waals surface area contributed by atoms with Gasteiger partial charge in [-0.05, 0) is 31.0 Å². The number of benzene rings is 1. The summed E-state index contributed by atoms with van der Waals surface area (Å²) in [5, 5.41) is 8.71. The van der Waals surface area contributed by atoms with Crippen molar-refractivity contribution in [2.24, 2.45) is 0 Å². The van der Waals surface area contributed by atoms with Crippen LogP contribution in [0.1, 0.15) is 18.4 Å². The summed E-state index contributed by atoms with van der Waals surface area (Å²) in [7, 11) is 1.69. The van der Waals surface area contributed by atoms with Gasteiger partial charge in [0.05, 0.1) is 13.2 Å². The Morgan fingerprint density at radius 2 is 2.22 bits per heavy atom. The number of likely N-dealkylation sites (N-methyl/N-ethyl adjacent to an activating group) is 1. The van der Waals surface area contributed by atoms with E-state index >= 15 is 0 Å². The molecule has 18 heavy (non-hydrogen) atoms. The van der Waals surface area contributed by atoms with Crippen molar-refractivity contribution in [1.29, 1.82) is 0 Å². The lowest BCUT2D eigenvalue weighted by Gasteiger charge is -2.15. The first-order chi connectivity index (χ1) is 8.63. The number of hydrogen-bond acceptors (Lipinski definition) is 3. The molecule has 0 aliphatic heterocycles. The maximum absolute atomic E-state index is 11.6. The van der Waals surface area contributed by atoms with Gasteiger partial charge in [-0.25, -0.2) is 0 Å². The Hall–Kier alpha value is -1.55. The minimum atomic E-state index is 0.00202. The molecular weight excluding hydrogens is 230 g/mol. The highest BCUT2D eigenvalue weighted by molar-refractivity contribution is 5.75. The highest BCUT2D eigenvalue weighted by atomic mass is 16.5. The van der Waals surface area contributed by atoms with Gasteiger partial charge in [-0.15, -0.1) is 0 Å². The van der Waals surface area contributed by atoms with Crippen LogP contribution in [0, 0.1) is 6.92 Å². The Labute approximate surface area is 108 Å². The maximum Gasteiger partial charge on any atom is 0.222 e. The Bertz CT molecular complexity index is 379. The molecule has 0 fully saturated rings. The molecule has 1 amide bonds. The number of aliphatic hydroxyl groups is 1. The molecule has 0 unspecified atom stereocenters. The monoisotopic (exact) mass is 251 g/mol. The van der Waals surface area contributed by atoms with Gasteiger partial charge in [-0.2, -0.15) is 0 Å². The molecule has 0 bridgehead atoms. The van der Waals surface area contributed by atoms with Crippen LogP contribution in [0.3, 0.4) is 0 Å². The van der Waals surface area contributed by atoms with Gasteiger partial charge in [0.2, 0.25) is 5.91 Å². The molecule has 0 aromatic heterocycles. The number of nitrogens with zero attached hydrogens (tertiary/aromatic N) is 1. The molecule has 0 saturated heterocycles. The third-order valence-electron chi connectivity index (χ3n) is 2.65. The van der Waals surface area contributed by atoms with E-state index in [9.17, 15) is 4.79 Å². The fourth-order valence-corrected chi connectivity index (χ4v) is 1.58. The second-order valence-corrected chi connectivity index (χ2v) is 4.31. The maximum atomic E-state index is 11.6. The number of carbonyl (C=O) groups is 1. The van der Waals surface area contributed by atoms with Crippen LogP contribution in [0.4, 0.5) is 0 Å². The molecule has 0 atom stereocenters. The van der Waals surface area contributed by atoms with Gasteiger partial charge in [0, 0.05) is 20.0 Å². The van der Waals surface area contributed by atoms with Gasteiger partial charge in [-0.1, -0.05) is 12.1 Å². The van der Waals surface area contributed by atoms with Crippen LogP contribution in [-0.2, 0) is 4.79 Å². The summed E-state index contributed by atoms with van der Waals surface area (Å²) in [6.45, 7) is 2.93. The van der Waals surface area contributed by atoms with E-state index in [0.29, 0.717) is 26.0 Å². The van der Waals surface area contributed by atoms with E-state index in [-0.39, 0.29) is 12.5 Å². The minimum Gasteiger partial charge on any atom is -0.494 e. The zero-order valence-electron chi connectivity index (χ0n) is 11.1. The quantitative estimate of drug-likeness (QED) is 0.749. The van der Waals surface area contributed by atoms with Crippen LogP contribution in [0.2, 0.25) is 0 Å².